The summed E-state index contributed by atoms with van der Waals surface area (Å²) in [6.07, 6.45) is 6.95. The van der Waals surface area contributed by atoms with Crippen molar-refractivity contribution in [3.63, 3.8) is 0 Å². The number of fused-ring (bicyclic) bond motifs is 8. The van der Waals surface area contributed by atoms with Crippen LogP contribution in [0.2, 0.25) is 0 Å². The molecule has 4 saturated carbocycles. The van der Waals surface area contributed by atoms with Crippen molar-refractivity contribution in [2.24, 2.45) is 23.7 Å². The highest BCUT2D eigenvalue weighted by molar-refractivity contribution is 6.13. The van der Waals surface area contributed by atoms with Gasteiger partial charge in [0, 0.05) is 32.6 Å². The summed E-state index contributed by atoms with van der Waals surface area (Å²) in [5, 5.41) is 4.91. The molecule has 4 bridgehead atoms. The summed E-state index contributed by atoms with van der Waals surface area (Å²) >= 11 is 0. The normalized spacial score (nSPS) is 22.3. The standard InChI is InChI=1S/C54H52N2O/c1-52(2,3)34-18-21-45-40(29-34)41-30-35(53(4,5)6)19-22-46(41)55(45)38-20-23-50-42(31-38)39-12-11-17-49(51(39)57-50)56-47-15-9-7-13-43(47)54(44-14-8-10-16-48(44)56)36-25-32-24-33(27-36)28-37(54)26-32/h7-23,29-33,36-37H,24-28H2,1-6H3. The molecule has 57 heavy (non-hydrogen) atoms. The van der Waals surface area contributed by atoms with E-state index in [-0.39, 0.29) is 16.2 Å². The van der Waals surface area contributed by atoms with E-state index in [1.165, 1.54) is 87.5 Å². The number of nitrogens with zero attached hydrogens (tertiary/aromatic N) is 2. The average molecular weight is 745 g/mol. The Bertz CT molecular complexity index is 2810. The van der Waals surface area contributed by atoms with Gasteiger partial charge in [-0.3, -0.25) is 0 Å². The third-order valence-electron chi connectivity index (χ3n) is 15.1. The fourth-order valence-electron chi connectivity index (χ4n) is 12.7. The highest BCUT2D eigenvalue weighted by Crippen LogP contribution is 2.69. The first-order valence-corrected chi connectivity index (χ1v) is 21.5. The minimum Gasteiger partial charge on any atom is -0.454 e. The number of hydrogen-bond donors (Lipinski definition) is 0. The van der Waals surface area contributed by atoms with Crippen molar-refractivity contribution in [3.8, 4) is 5.69 Å². The van der Waals surface area contributed by atoms with Crippen LogP contribution in [0.25, 0.3) is 49.4 Å². The first kappa shape index (κ1) is 33.8. The molecule has 0 radical (unpaired) electrons. The van der Waals surface area contributed by atoms with Crippen LogP contribution < -0.4 is 4.90 Å². The number of rotatable bonds is 2. The van der Waals surface area contributed by atoms with Crippen molar-refractivity contribution in [2.45, 2.75) is 89.9 Å². The van der Waals surface area contributed by atoms with E-state index in [9.17, 15) is 0 Å². The van der Waals surface area contributed by atoms with Crippen molar-refractivity contribution in [2.75, 3.05) is 4.90 Å². The molecule has 0 N–H and O–H groups in total. The molecule has 0 atom stereocenters. The van der Waals surface area contributed by atoms with E-state index in [2.05, 4.69) is 172 Å². The molecule has 8 aromatic rings. The van der Waals surface area contributed by atoms with Gasteiger partial charge in [0.1, 0.15) is 5.58 Å². The Morgan fingerprint density at radius 1 is 0.509 bits per heavy atom. The molecule has 284 valence electrons. The number of para-hydroxylation sites is 3. The number of furan rings is 1. The number of benzene rings is 6. The molecule has 3 heteroatoms. The minimum atomic E-state index is 0.0577. The molecule has 5 aliphatic rings. The molecule has 13 rings (SSSR count). The molecule has 0 saturated heterocycles. The summed E-state index contributed by atoms with van der Waals surface area (Å²) in [6, 6.07) is 46.6. The van der Waals surface area contributed by atoms with Crippen LogP contribution in [0, 0.1) is 23.7 Å². The quantitative estimate of drug-likeness (QED) is 0.176. The van der Waals surface area contributed by atoms with Gasteiger partial charge in [-0.05, 0) is 150 Å². The smallest absolute Gasteiger partial charge is 0.159 e. The molecule has 0 amide bonds. The fraction of sp³-hybridized carbons (Fsp3) is 0.333. The third-order valence-corrected chi connectivity index (χ3v) is 15.1. The van der Waals surface area contributed by atoms with Gasteiger partial charge in [0.2, 0.25) is 0 Å². The average Bonchev–Trinajstić information content (AvgIpc) is 3.73. The van der Waals surface area contributed by atoms with Crippen LogP contribution in [0.3, 0.4) is 0 Å². The van der Waals surface area contributed by atoms with Crippen LogP contribution in [0.4, 0.5) is 17.1 Å². The van der Waals surface area contributed by atoms with Crippen molar-refractivity contribution in [1.82, 2.24) is 4.57 Å². The lowest BCUT2D eigenvalue weighted by molar-refractivity contribution is -0.0419. The first-order valence-electron chi connectivity index (χ1n) is 21.5. The lowest BCUT2D eigenvalue weighted by atomic mass is 9.41. The number of hydrogen-bond acceptors (Lipinski definition) is 2. The van der Waals surface area contributed by atoms with Crippen LogP contribution >= 0.6 is 0 Å². The van der Waals surface area contributed by atoms with Crippen molar-refractivity contribution < 1.29 is 4.42 Å². The van der Waals surface area contributed by atoms with Crippen LogP contribution in [0.15, 0.2) is 126 Å². The molecule has 3 nitrogen and oxygen atoms in total. The van der Waals surface area contributed by atoms with Gasteiger partial charge in [0.15, 0.2) is 5.58 Å². The van der Waals surface area contributed by atoms with E-state index in [4.69, 9.17) is 4.42 Å². The third kappa shape index (κ3) is 4.60. The van der Waals surface area contributed by atoms with Gasteiger partial charge in [-0.25, -0.2) is 0 Å². The lowest BCUT2D eigenvalue weighted by Gasteiger charge is -2.64. The number of aromatic nitrogens is 1. The maximum atomic E-state index is 7.00. The summed E-state index contributed by atoms with van der Waals surface area (Å²) in [7, 11) is 0. The molecular weight excluding hydrogens is 693 g/mol. The molecule has 1 aliphatic heterocycles. The van der Waals surface area contributed by atoms with Gasteiger partial charge in [-0.2, -0.15) is 0 Å². The molecule has 6 aromatic carbocycles. The van der Waals surface area contributed by atoms with E-state index < -0.39 is 0 Å². The Labute approximate surface area is 336 Å². The SMILES string of the molecule is CC(C)(C)c1ccc2c(c1)c1cc(C(C)(C)C)ccc1n2-c1ccc2oc3c(N4c5ccccc5C5(c6ccccc64)C4CC6CC(C4)CC5C6)cccc3c2c1. The predicted molar refractivity (Wildman–Crippen MR) is 238 cm³/mol. The molecule has 3 heterocycles. The van der Waals surface area contributed by atoms with Gasteiger partial charge < -0.3 is 13.9 Å². The second-order valence-corrected chi connectivity index (χ2v) is 20.3. The highest BCUT2D eigenvalue weighted by Gasteiger charge is 2.61. The lowest BCUT2D eigenvalue weighted by Crippen LogP contribution is -2.57. The van der Waals surface area contributed by atoms with Crippen LogP contribution in [-0.4, -0.2) is 4.57 Å². The van der Waals surface area contributed by atoms with Gasteiger partial charge in [-0.1, -0.05) is 102 Å². The van der Waals surface area contributed by atoms with E-state index in [1.807, 2.05) is 0 Å². The van der Waals surface area contributed by atoms with Crippen molar-refractivity contribution in [3.05, 3.63) is 144 Å². The Morgan fingerprint density at radius 2 is 1.05 bits per heavy atom. The van der Waals surface area contributed by atoms with Crippen LogP contribution in [-0.2, 0) is 16.2 Å². The van der Waals surface area contributed by atoms with Gasteiger partial charge in [0.25, 0.3) is 0 Å². The first-order chi connectivity index (χ1) is 27.5. The van der Waals surface area contributed by atoms with Crippen LogP contribution in [0.5, 0.6) is 0 Å². The summed E-state index contributed by atoms with van der Waals surface area (Å²) < 4.78 is 9.47. The Kier molecular flexibility index (Phi) is 6.78. The maximum Gasteiger partial charge on any atom is 0.159 e. The zero-order valence-electron chi connectivity index (χ0n) is 34.2. The Morgan fingerprint density at radius 3 is 1.61 bits per heavy atom. The van der Waals surface area contributed by atoms with E-state index in [1.54, 1.807) is 0 Å². The van der Waals surface area contributed by atoms with Gasteiger partial charge in [0.05, 0.1) is 28.1 Å². The molecular formula is C54H52N2O. The Hall–Kier alpha value is -5.28. The molecule has 0 unspecified atom stereocenters. The van der Waals surface area contributed by atoms with Crippen LogP contribution in [0.1, 0.15) is 95.9 Å². The second kappa shape index (κ2) is 11.4. The predicted octanol–water partition coefficient (Wildman–Crippen LogP) is 14.8. The zero-order chi connectivity index (χ0) is 38.6. The Balaban J connectivity index is 1.05. The highest BCUT2D eigenvalue weighted by atomic mass is 16.3. The molecule has 1 spiro atoms. The number of anilines is 3. The van der Waals surface area contributed by atoms with Crippen molar-refractivity contribution in [1.29, 1.82) is 0 Å². The van der Waals surface area contributed by atoms with E-state index in [0.717, 1.165) is 45.1 Å². The van der Waals surface area contributed by atoms with Crippen molar-refractivity contribution >= 4 is 60.8 Å². The monoisotopic (exact) mass is 744 g/mol. The zero-order valence-corrected chi connectivity index (χ0v) is 34.2. The summed E-state index contributed by atoms with van der Waals surface area (Å²) in [5.41, 5.74) is 15.2. The van der Waals surface area contributed by atoms with Gasteiger partial charge in [-0.15, -0.1) is 0 Å². The van der Waals surface area contributed by atoms with E-state index in [0.29, 0.717) is 11.8 Å². The molecule has 4 aliphatic carbocycles. The second-order valence-electron chi connectivity index (χ2n) is 20.3. The largest absolute Gasteiger partial charge is 0.454 e. The summed E-state index contributed by atoms with van der Waals surface area (Å²) in [5.74, 6) is 3.24. The summed E-state index contributed by atoms with van der Waals surface area (Å²) in [6.45, 7) is 13.8. The maximum absolute atomic E-state index is 7.00. The fourth-order valence-corrected chi connectivity index (χ4v) is 12.7. The summed E-state index contributed by atoms with van der Waals surface area (Å²) in [4.78, 5) is 2.54. The van der Waals surface area contributed by atoms with E-state index >= 15 is 0 Å². The molecule has 4 fully saturated rings. The van der Waals surface area contributed by atoms with Gasteiger partial charge >= 0.3 is 0 Å². The minimum absolute atomic E-state index is 0.0577. The molecule has 2 aromatic heterocycles. The topological polar surface area (TPSA) is 21.3 Å².